The molecule has 0 saturated heterocycles. The molecule has 1 aromatic rings. The zero-order valence-corrected chi connectivity index (χ0v) is 12.7. The van der Waals surface area contributed by atoms with E-state index in [0.717, 1.165) is 5.69 Å². The van der Waals surface area contributed by atoms with Gasteiger partial charge in [-0.25, -0.2) is 9.97 Å². The maximum absolute atomic E-state index is 6.05. The lowest BCUT2D eigenvalue weighted by Gasteiger charge is -2.23. The van der Waals surface area contributed by atoms with Crippen LogP contribution in [-0.4, -0.2) is 23.7 Å². The molecule has 1 heterocycles. The van der Waals surface area contributed by atoms with E-state index < -0.39 is 5.60 Å². The molecule has 0 fully saturated rings. The number of aromatic nitrogens is 2. The lowest BCUT2D eigenvalue weighted by Crippen LogP contribution is -2.25. The number of nitrogens with zero attached hydrogens (tertiary/aromatic N) is 2. The molecular weight excluding hydrogens is 307 g/mol. The zero-order valence-electron chi connectivity index (χ0n) is 10.4. The van der Waals surface area contributed by atoms with E-state index in [0.29, 0.717) is 28.7 Å². The highest BCUT2D eigenvalue weighted by Gasteiger charge is 2.26. The van der Waals surface area contributed by atoms with Crippen LogP contribution in [0.1, 0.15) is 32.3 Å². The largest absolute Gasteiger partial charge is 0.378 e. The SMILES string of the molecule is CCOC(C)(C)c1nc(Cl)c(Br)c(COC)n1. The molecule has 0 bridgehead atoms. The third-order valence-corrected chi connectivity index (χ3v) is 3.54. The molecular formula is C11H16BrClN2O2. The van der Waals surface area contributed by atoms with Crippen molar-refractivity contribution >= 4 is 27.5 Å². The van der Waals surface area contributed by atoms with Crippen molar-refractivity contribution in [3.05, 3.63) is 21.1 Å². The maximum Gasteiger partial charge on any atom is 0.161 e. The summed E-state index contributed by atoms with van der Waals surface area (Å²) >= 11 is 9.40. The van der Waals surface area contributed by atoms with Gasteiger partial charge in [-0.3, -0.25) is 0 Å². The van der Waals surface area contributed by atoms with Crippen LogP contribution >= 0.6 is 27.5 Å². The topological polar surface area (TPSA) is 44.2 Å². The van der Waals surface area contributed by atoms with Crippen LogP contribution in [0.15, 0.2) is 4.47 Å². The van der Waals surface area contributed by atoms with Crippen LogP contribution in [0.4, 0.5) is 0 Å². The molecule has 1 rings (SSSR count). The molecule has 4 nitrogen and oxygen atoms in total. The van der Waals surface area contributed by atoms with Gasteiger partial charge in [-0.1, -0.05) is 11.6 Å². The van der Waals surface area contributed by atoms with Gasteiger partial charge >= 0.3 is 0 Å². The van der Waals surface area contributed by atoms with E-state index in [-0.39, 0.29) is 0 Å². The Morgan fingerprint density at radius 2 is 2.00 bits per heavy atom. The fraction of sp³-hybridized carbons (Fsp3) is 0.636. The van der Waals surface area contributed by atoms with Gasteiger partial charge in [0.1, 0.15) is 10.8 Å². The number of hydrogen-bond donors (Lipinski definition) is 0. The van der Waals surface area contributed by atoms with Gasteiger partial charge in [0.15, 0.2) is 5.82 Å². The lowest BCUT2D eigenvalue weighted by atomic mass is 10.1. The van der Waals surface area contributed by atoms with E-state index in [4.69, 9.17) is 21.1 Å². The monoisotopic (exact) mass is 322 g/mol. The molecule has 17 heavy (non-hydrogen) atoms. The normalized spacial score (nSPS) is 11.9. The Bertz CT molecular complexity index is 399. The number of methoxy groups -OCH3 is 1. The number of halogens is 2. The van der Waals surface area contributed by atoms with Crippen molar-refractivity contribution in [3.8, 4) is 0 Å². The summed E-state index contributed by atoms with van der Waals surface area (Å²) in [5.41, 5.74) is 0.150. The van der Waals surface area contributed by atoms with E-state index in [1.54, 1.807) is 7.11 Å². The number of rotatable bonds is 5. The van der Waals surface area contributed by atoms with Gasteiger partial charge in [-0.05, 0) is 36.7 Å². The molecule has 0 atom stereocenters. The Morgan fingerprint density at radius 3 is 2.53 bits per heavy atom. The smallest absolute Gasteiger partial charge is 0.161 e. The third kappa shape index (κ3) is 3.61. The van der Waals surface area contributed by atoms with Crippen LogP contribution in [-0.2, 0) is 21.7 Å². The van der Waals surface area contributed by atoms with Gasteiger partial charge in [0.05, 0.1) is 16.8 Å². The summed E-state index contributed by atoms with van der Waals surface area (Å²) in [4.78, 5) is 8.65. The summed E-state index contributed by atoms with van der Waals surface area (Å²) in [6, 6.07) is 0. The van der Waals surface area contributed by atoms with E-state index in [1.165, 1.54) is 0 Å². The second-order valence-electron chi connectivity index (χ2n) is 3.98. The quantitative estimate of drug-likeness (QED) is 0.780. The molecule has 0 aliphatic rings. The summed E-state index contributed by atoms with van der Waals surface area (Å²) in [7, 11) is 1.61. The predicted molar refractivity (Wildman–Crippen MR) is 70.1 cm³/mol. The van der Waals surface area contributed by atoms with Crippen LogP contribution < -0.4 is 0 Å². The molecule has 0 N–H and O–H groups in total. The first-order chi connectivity index (χ1) is 7.92. The predicted octanol–water partition coefficient (Wildman–Crippen LogP) is 3.31. The molecule has 1 aromatic heterocycles. The Hall–Kier alpha value is -0.230. The Kier molecular flexibility index (Phi) is 5.31. The van der Waals surface area contributed by atoms with Crippen LogP contribution in [0.2, 0.25) is 5.15 Å². The molecule has 0 spiro atoms. The number of ether oxygens (including phenoxy) is 2. The molecule has 0 aliphatic carbocycles. The van der Waals surface area contributed by atoms with Gasteiger partial charge in [0.2, 0.25) is 0 Å². The average molecular weight is 324 g/mol. The third-order valence-electron chi connectivity index (χ3n) is 2.20. The van der Waals surface area contributed by atoms with E-state index in [1.807, 2.05) is 20.8 Å². The summed E-state index contributed by atoms with van der Waals surface area (Å²) in [5, 5.41) is 0.370. The molecule has 0 aromatic carbocycles. The zero-order chi connectivity index (χ0) is 13.1. The fourth-order valence-corrected chi connectivity index (χ4v) is 1.87. The highest BCUT2D eigenvalue weighted by atomic mass is 79.9. The van der Waals surface area contributed by atoms with Gasteiger partial charge in [-0.15, -0.1) is 0 Å². The summed E-state index contributed by atoms with van der Waals surface area (Å²) in [6.45, 7) is 6.71. The van der Waals surface area contributed by atoms with Crippen molar-refractivity contribution in [1.29, 1.82) is 0 Å². The van der Waals surface area contributed by atoms with Crippen LogP contribution in [0.3, 0.4) is 0 Å². The molecule has 0 unspecified atom stereocenters. The minimum absolute atomic E-state index is 0.370. The standard InChI is InChI=1S/C11H16BrClN2O2/c1-5-17-11(2,3)10-14-7(6-16-4)8(12)9(13)15-10/h5-6H2,1-4H3. The fourth-order valence-electron chi connectivity index (χ4n) is 1.39. The van der Waals surface area contributed by atoms with E-state index >= 15 is 0 Å². The van der Waals surface area contributed by atoms with Crippen molar-refractivity contribution in [3.63, 3.8) is 0 Å². The van der Waals surface area contributed by atoms with Gasteiger partial charge in [0.25, 0.3) is 0 Å². The van der Waals surface area contributed by atoms with Crippen molar-refractivity contribution in [2.75, 3.05) is 13.7 Å². The van der Waals surface area contributed by atoms with Crippen LogP contribution in [0.25, 0.3) is 0 Å². The first kappa shape index (κ1) is 14.8. The van der Waals surface area contributed by atoms with Crippen molar-refractivity contribution in [1.82, 2.24) is 9.97 Å². The Labute approximate surface area is 115 Å². The first-order valence-corrected chi connectivity index (χ1v) is 6.44. The molecule has 6 heteroatoms. The van der Waals surface area contributed by atoms with Crippen molar-refractivity contribution < 1.29 is 9.47 Å². The second-order valence-corrected chi connectivity index (χ2v) is 5.13. The highest BCUT2D eigenvalue weighted by molar-refractivity contribution is 9.10. The van der Waals surface area contributed by atoms with Gasteiger partial charge in [0, 0.05) is 13.7 Å². The first-order valence-electron chi connectivity index (χ1n) is 5.27. The van der Waals surface area contributed by atoms with Crippen LogP contribution in [0.5, 0.6) is 0 Å². The number of hydrogen-bond acceptors (Lipinski definition) is 4. The van der Waals surface area contributed by atoms with Crippen molar-refractivity contribution in [2.45, 2.75) is 33.0 Å². The highest BCUT2D eigenvalue weighted by Crippen LogP contribution is 2.29. The molecule has 0 saturated carbocycles. The van der Waals surface area contributed by atoms with Crippen LogP contribution in [0, 0.1) is 0 Å². The van der Waals surface area contributed by atoms with Gasteiger partial charge < -0.3 is 9.47 Å². The Balaban J connectivity index is 3.17. The van der Waals surface area contributed by atoms with E-state index in [9.17, 15) is 0 Å². The van der Waals surface area contributed by atoms with E-state index in [2.05, 4.69) is 25.9 Å². The average Bonchev–Trinajstić information content (AvgIpc) is 2.24. The Morgan fingerprint density at radius 1 is 1.35 bits per heavy atom. The molecule has 96 valence electrons. The van der Waals surface area contributed by atoms with Gasteiger partial charge in [-0.2, -0.15) is 0 Å². The maximum atomic E-state index is 6.05. The minimum atomic E-state index is -0.568. The summed E-state index contributed by atoms with van der Waals surface area (Å²) in [6.07, 6.45) is 0. The summed E-state index contributed by atoms with van der Waals surface area (Å²) < 4.78 is 11.3. The molecule has 0 radical (unpaired) electrons. The molecule has 0 amide bonds. The second kappa shape index (κ2) is 6.09. The summed E-state index contributed by atoms with van der Waals surface area (Å²) in [5.74, 6) is 0.555. The molecule has 0 aliphatic heterocycles. The lowest BCUT2D eigenvalue weighted by molar-refractivity contribution is -0.0212. The van der Waals surface area contributed by atoms with Crippen molar-refractivity contribution in [2.24, 2.45) is 0 Å². The minimum Gasteiger partial charge on any atom is -0.378 e.